The molecule has 0 unspecified atom stereocenters. The molecule has 1 heterocycles. The maximum absolute atomic E-state index is 12.7. The van der Waals surface area contributed by atoms with Crippen LogP contribution in [0.3, 0.4) is 0 Å². The average molecular weight is 442 g/mol. The largest absolute Gasteiger partial charge is 0.495 e. The normalized spacial score (nSPS) is 10.9. The number of non-ortho nitro benzene ring substituents is 1. The number of anilines is 2. The molecule has 0 aliphatic carbocycles. The van der Waals surface area contributed by atoms with E-state index in [1.165, 1.54) is 43.5 Å². The van der Waals surface area contributed by atoms with Gasteiger partial charge in [-0.3, -0.25) is 19.6 Å². The number of carbonyl (C=O) groups excluding carboxylic acids is 1. The van der Waals surface area contributed by atoms with Gasteiger partial charge in [-0.1, -0.05) is 6.07 Å². The highest BCUT2D eigenvalue weighted by Crippen LogP contribution is 2.30. The third-order valence-corrected chi connectivity index (χ3v) is 5.60. The van der Waals surface area contributed by atoms with E-state index in [9.17, 15) is 23.3 Å². The zero-order valence-corrected chi connectivity index (χ0v) is 17.3. The molecule has 31 heavy (non-hydrogen) atoms. The number of sulfonamides is 1. The van der Waals surface area contributed by atoms with Crippen LogP contribution >= 0.6 is 0 Å². The molecule has 0 aliphatic heterocycles. The number of nitro groups is 1. The van der Waals surface area contributed by atoms with Crippen molar-refractivity contribution in [1.29, 1.82) is 0 Å². The lowest BCUT2D eigenvalue weighted by Crippen LogP contribution is -2.15. The van der Waals surface area contributed by atoms with E-state index in [4.69, 9.17) is 4.74 Å². The molecule has 1 aromatic heterocycles. The van der Waals surface area contributed by atoms with Gasteiger partial charge in [0.25, 0.3) is 21.6 Å². The van der Waals surface area contributed by atoms with Crippen molar-refractivity contribution in [2.45, 2.75) is 11.8 Å². The van der Waals surface area contributed by atoms with Crippen LogP contribution in [0.5, 0.6) is 5.75 Å². The molecule has 0 bridgehead atoms. The summed E-state index contributed by atoms with van der Waals surface area (Å²) in [6.07, 6.45) is 1.61. The summed E-state index contributed by atoms with van der Waals surface area (Å²) in [4.78, 5) is 26.6. The summed E-state index contributed by atoms with van der Waals surface area (Å²) < 4.78 is 32.8. The van der Waals surface area contributed by atoms with Crippen molar-refractivity contribution >= 4 is 33.1 Å². The zero-order valence-electron chi connectivity index (χ0n) is 16.5. The van der Waals surface area contributed by atoms with Gasteiger partial charge in [0.2, 0.25) is 0 Å². The second-order valence-electron chi connectivity index (χ2n) is 6.45. The number of hydrogen-bond donors (Lipinski definition) is 2. The topological polar surface area (TPSA) is 141 Å². The fourth-order valence-corrected chi connectivity index (χ4v) is 3.67. The van der Waals surface area contributed by atoms with E-state index in [-0.39, 0.29) is 27.6 Å². The lowest BCUT2D eigenvalue weighted by Gasteiger charge is -2.12. The van der Waals surface area contributed by atoms with Crippen molar-refractivity contribution in [2.75, 3.05) is 17.1 Å². The smallest absolute Gasteiger partial charge is 0.271 e. The number of aromatic nitrogens is 1. The fraction of sp³-hybridized carbons (Fsp3) is 0.100. The summed E-state index contributed by atoms with van der Waals surface area (Å²) in [5, 5.41) is 13.6. The number of nitrogens with one attached hydrogen (secondary N) is 2. The van der Waals surface area contributed by atoms with Crippen LogP contribution in [0.25, 0.3) is 0 Å². The Morgan fingerprint density at radius 1 is 1.10 bits per heavy atom. The Kier molecular flexibility index (Phi) is 6.16. The van der Waals surface area contributed by atoms with Crippen molar-refractivity contribution in [2.24, 2.45) is 0 Å². The summed E-state index contributed by atoms with van der Waals surface area (Å²) in [6.45, 7) is 1.87. The molecule has 0 atom stereocenters. The monoisotopic (exact) mass is 442 g/mol. The van der Waals surface area contributed by atoms with Crippen molar-refractivity contribution in [3.63, 3.8) is 0 Å². The van der Waals surface area contributed by atoms with Crippen LogP contribution in [0, 0.1) is 17.0 Å². The Labute approximate surface area is 178 Å². The molecule has 0 saturated heterocycles. The van der Waals surface area contributed by atoms with Gasteiger partial charge in [0.15, 0.2) is 0 Å². The molecule has 0 spiro atoms. The van der Waals surface area contributed by atoms with Crippen molar-refractivity contribution in [3.8, 4) is 5.75 Å². The lowest BCUT2D eigenvalue weighted by atomic mass is 10.2. The van der Waals surface area contributed by atoms with E-state index in [0.717, 1.165) is 11.6 Å². The van der Waals surface area contributed by atoms with Gasteiger partial charge < -0.3 is 10.1 Å². The first kappa shape index (κ1) is 21.7. The second-order valence-corrected chi connectivity index (χ2v) is 8.13. The van der Waals surface area contributed by atoms with Crippen LogP contribution in [-0.2, 0) is 10.0 Å². The molecule has 0 radical (unpaired) electrons. The highest BCUT2D eigenvalue weighted by molar-refractivity contribution is 7.92. The number of amides is 1. The third-order valence-electron chi connectivity index (χ3n) is 4.22. The molecule has 160 valence electrons. The minimum absolute atomic E-state index is 0.0797. The summed E-state index contributed by atoms with van der Waals surface area (Å²) in [5.74, 6) is 0.0381. The Balaban J connectivity index is 1.80. The van der Waals surface area contributed by atoms with Crippen LogP contribution in [-0.4, -0.2) is 31.3 Å². The predicted molar refractivity (Wildman–Crippen MR) is 114 cm³/mol. The average Bonchev–Trinajstić information content (AvgIpc) is 2.75. The molecule has 11 heteroatoms. The van der Waals surface area contributed by atoms with Gasteiger partial charge in [-0.05, 0) is 48.9 Å². The number of aryl methyl sites for hydroxylation is 1. The molecular formula is C20H18N4O6S. The first-order chi connectivity index (χ1) is 14.7. The maximum atomic E-state index is 12.7. The second kappa shape index (κ2) is 8.79. The number of carbonyl (C=O) groups is 1. The lowest BCUT2D eigenvalue weighted by molar-refractivity contribution is -0.384. The number of ether oxygens (including phenoxy) is 1. The van der Waals surface area contributed by atoms with Crippen molar-refractivity contribution in [1.82, 2.24) is 4.98 Å². The number of hydrogen-bond acceptors (Lipinski definition) is 7. The number of rotatable bonds is 7. The molecule has 1 amide bonds. The first-order valence-corrected chi connectivity index (χ1v) is 10.4. The number of benzene rings is 2. The van der Waals surface area contributed by atoms with Gasteiger partial charge in [0.05, 0.1) is 22.6 Å². The molecular weight excluding hydrogens is 424 g/mol. The van der Waals surface area contributed by atoms with Crippen LogP contribution in [0.4, 0.5) is 17.2 Å². The zero-order chi connectivity index (χ0) is 22.6. The number of methoxy groups -OCH3 is 1. The molecule has 2 N–H and O–H groups in total. The van der Waals surface area contributed by atoms with Gasteiger partial charge in [-0.25, -0.2) is 13.4 Å². The van der Waals surface area contributed by atoms with E-state index < -0.39 is 20.9 Å². The van der Waals surface area contributed by atoms with Gasteiger partial charge in [-0.2, -0.15) is 0 Å². The standard InChI is InChI=1S/C20H18N4O6S/c1-13-3-10-19(21-12-13)22-20(25)14-4-7-16(8-5-14)31(28,29)23-17-11-15(24(26)27)6-9-18(17)30-2/h3-12,23H,1-2H3,(H,21,22,25). The van der Waals surface area contributed by atoms with E-state index in [2.05, 4.69) is 15.0 Å². The quantitative estimate of drug-likeness (QED) is 0.422. The first-order valence-electron chi connectivity index (χ1n) is 8.89. The van der Waals surface area contributed by atoms with Crippen LogP contribution in [0.15, 0.2) is 65.7 Å². The molecule has 0 aliphatic rings. The van der Waals surface area contributed by atoms with Gasteiger partial charge in [0.1, 0.15) is 11.6 Å². The number of pyridine rings is 1. The minimum atomic E-state index is -4.09. The molecule has 10 nitrogen and oxygen atoms in total. The SMILES string of the molecule is COc1ccc([N+](=O)[O-])cc1NS(=O)(=O)c1ccc(C(=O)Nc2ccc(C)cn2)cc1. The van der Waals surface area contributed by atoms with Crippen molar-refractivity contribution < 1.29 is 22.9 Å². The maximum Gasteiger partial charge on any atom is 0.271 e. The van der Waals surface area contributed by atoms with Crippen LogP contribution in [0.2, 0.25) is 0 Å². The molecule has 2 aromatic carbocycles. The minimum Gasteiger partial charge on any atom is -0.495 e. The summed E-state index contributed by atoms with van der Waals surface area (Å²) >= 11 is 0. The third kappa shape index (κ3) is 5.14. The number of nitrogens with zero attached hydrogens (tertiary/aromatic N) is 2. The molecule has 0 saturated carbocycles. The van der Waals surface area contributed by atoms with Crippen molar-refractivity contribution in [3.05, 3.63) is 82.0 Å². The fourth-order valence-electron chi connectivity index (χ4n) is 2.61. The highest BCUT2D eigenvalue weighted by atomic mass is 32.2. The van der Waals surface area contributed by atoms with E-state index in [0.29, 0.717) is 5.82 Å². The summed E-state index contributed by atoms with van der Waals surface area (Å²) in [5.41, 5.74) is 0.800. The van der Waals surface area contributed by atoms with E-state index in [1.54, 1.807) is 18.3 Å². The Bertz CT molecular complexity index is 1230. The molecule has 3 rings (SSSR count). The molecule has 3 aromatic rings. The molecule has 0 fully saturated rings. The van der Waals surface area contributed by atoms with Crippen LogP contribution in [0.1, 0.15) is 15.9 Å². The van der Waals surface area contributed by atoms with Gasteiger partial charge >= 0.3 is 0 Å². The van der Waals surface area contributed by atoms with E-state index in [1.807, 2.05) is 6.92 Å². The van der Waals surface area contributed by atoms with Gasteiger partial charge in [-0.15, -0.1) is 0 Å². The Hall–Kier alpha value is -3.99. The number of nitro benzene ring substituents is 1. The van der Waals surface area contributed by atoms with E-state index >= 15 is 0 Å². The van der Waals surface area contributed by atoms with Gasteiger partial charge in [0, 0.05) is 23.9 Å². The Morgan fingerprint density at radius 3 is 2.39 bits per heavy atom. The summed E-state index contributed by atoms with van der Waals surface area (Å²) in [7, 11) is -2.78. The summed E-state index contributed by atoms with van der Waals surface area (Å²) in [6, 6.07) is 12.2. The van der Waals surface area contributed by atoms with Crippen LogP contribution < -0.4 is 14.8 Å². The highest BCUT2D eigenvalue weighted by Gasteiger charge is 2.20. The Morgan fingerprint density at radius 2 is 1.81 bits per heavy atom. The predicted octanol–water partition coefficient (Wildman–Crippen LogP) is 3.36.